The molecule has 4 aromatic rings. The van der Waals surface area contributed by atoms with Crippen molar-refractivity contribution < 1.29 is 4.79 Å². The number of rotatable bonds is 7. The van der Waals surface area contributed by atoms with Crippen molar-refractivity contribution in [1.82, 2.24) is 24.5 Å². The first-order valence-corrected chi connectivity index (χ1v) is 10.9. The Morgan fingerprint density at radius 1 is 1.28 bits per heavy atom. The SMILES string of the molecule is C=CCn1c(=O)c2ccccc2n2c(SCC(=O)NCc3ccc(Cl)s3)nnc12. The zero-order valence-electron chi connectivity index (χ0n) is 15.2. The highest BCUT2D eigenvalue weighted by Gasteiger charge is 2.17. The summed E-state index contributed by atoms with van der Waals surface area (Å²) in [5, 5.41) is 12.4. The average molecular weight is 446 g/mol. The number of carbonyl (C=O) groups is 1. The monoisotopic (exact) mass is 445 g/mol. The second-order valence-corrected chi connectivity index (χ2v) is 8.85. The molecule has 148 valence electrons. The summed E-state index contributed by atoms with van der Waals surface area (Å²) >= 11 is 8.61. The van der Waals surface area contributed by atoms with E-state index in [-0.39, 0.29) is 17.2 Å². The number of amides is 1. The molecule has 0 aliphatic carbocycles. The Kier molecular flexibility index (Phi) is 5.70. The molecule has 0 fully saturated rings. The Labute approximate surface area is 179 Å². The van der Waals surface area contributed by atoms with Gasteiger partial charge in [0, 0.05) is 11.4 Å². The third-order valence-corrected chi connectivity index (χ3v) is 6.37. The van der Waals surface area contributed by atoms with Crippen molar-refractivity contribution in [3.63, 3.8) is 0 Å². The fraction of sp³-hybridized carbons (Fsp3) is 0.158. The molecular weight excluding hydrogens is 430 g/mol. The summed E-state index contributed by atoms with van der Waals surface area (Å²) in [6.07, 6.45) is 1.64. The maximum atomic E-state index is 12.8. The number of carbonyl (C=O) groups excluding carboxylic acids is 1. The maximum Gasteiger partial charge on any atom is 0.263 e. The van der Waals surface area contributed by atoms with Crippen LogP contribution in [0.2, 0.25) is 4.34 Å². The third-order valence-electron chi connectivity index (χ3n) is 4.21. The quantitative estimate of drug-likeness (QED) is 0.348. The molecule has 3 aromatic heterocycles. The number of fused-ring (bicyclic) bond motifs is 3. The van der Waals surface area contributed by atoms with Gasteiger partial charge in [-0.3, -0.25) is 18.6 Å². The van der Waals surface area contributed by atoms with Gasteiger partial charge in [-0.2, -0.15) is 0 Å². The van der Waals surface area contributed by atoms with Crippen molar-refractivity contribution in [3.8, 4) is 0 Å². The highest BCUT2D eigenvalue weighted by Crippen LogP contribution is 2.22. The summed E-state index contributed by atoms with van der Waals surface area (Å²) in [5.74, 6) is 0.471. The summed E-state index contributed by atoms with van der Waals surface area (Å²) in [5.41, 5.74) is 0.554. The first-order valence-electron chi connectivity index (χ1n) is 8.69. The number of thiophene rings is 1. The third kappa shape index (κ3) is 3.93. The molecule has 0 saturated carbocycles. The van der Waals surface area contributed by atoms with Gasteiger partial charge in [-0.05, 0) is 24.3 Å². The van der Waals surface area contributed by atoms with Crippen molar-refractivity contribution >= 4 is 57.3 Å². The van der Waals surface area contributed by atoms with E-state index in [2.05, 4.69) is 22.1 Å². The van der Waals surface area contributed by atoms with Crippen molar-refractivity contribution in [3.05, 3.63) is 68.6 Å². The first-order chi connectivity index (χ1) is 14.1. The zero-order chi connectivity index (χ0) is 20.4. The van der Waals surface area contributed by atoms with Gasteiger partial charge < -0.3 is 5.32 Å². The second kappa shape index (κ2) is 8.40. The molecule has 4 rings (SSSR count). The van der Waals surface area contributed by atoms with Gasteiger partial charge in [-0.15, -0.1) is 28.1 Å². The van der Waals surface area contributed by atoms with E-state index in [4.69, 9.17) is 11.6 Å². The lowest BCUT2D eigenvalue weighted by molar-refractivity contribution is -0.118. The lowest BCUT2D eigenvalue weighted by Crippen LogP contribution is -2.24. The van der Waals surface area contributed by atoms with Gasteiger partial charge in [0.25, 0.3) is 5.56 Å². The molecule has 0 aliphatic heterocycles. The van der Waals surface area contributed by atoms with Gasteiger partial charge in [0.1, 0.15) is 0 Å². The molecule has 0 bridgehead atoms. The Hall–Kier alpha value is -2.62. The topological polar surface area (TPSA) is 81.3 Å². The molecule has 0 saturated heterocycles. The molecule has 1 aromatic carbocycles. The van der Waals surface area contributed by atoms with Gasteiger partial charge in [-0.1, -0.05) is 41.6 Å². The molecule has 0 atom stereocenters. The van der Waals surface area contributed by atoms with Crippen LogP contribution in [0.3, 0.4) is 0 Å². The Balaban J connectivity index is 1.60. The van der Waals surface area contributed by atoms with Crippen LogP contribution >= 0.6 is 34.7 Å². The Morgan fingerprint density at radius 2 is 2.10 bits per heavy atom. The normalized spacial score (nSPS) is 11.2. The number of nitrogens with zero attached hydrogens (tertiary/aromatic N) is 4. The van der Waals surface area contributed by atoms with Gasteiger partial charge in [0.05, 0.1) is 27.5 Å². The number of nitrogens with one attached hydrogen (secondary N) is 1. The van der Waals surface area contributed by atoms with Crippen molar-refractivity contribution in [1.29, 1.82) is 0 Å². The van der Waals surface area contributed by atoms with E-state index >= 15 is 0 Å². The lowest BCUT2D eigenvalue weighted by Gasteiger charge is -2.09. The van der Waals surface area contributed by atoms with Crippen molar-refractivity contribution in [2.75, 3.05) is 5.75 Å². The van der Waals surface area contributed by atoms with Crippen molar-refractivity contribution in [2.24, 2.45) is 0 Å². The van der Waals surface area contributed by atoms with Crippen LogP contribution in [0, 0.1) is 0 Å². The van der Waals surface area contributed by atoms with Crippen LogP contribution in [-0.2, 0) is 17.9 Å². The van der Waals surface area contributed by atoms with E-state index in [9.17, 15) is 9.59 Å². The minimum Gasteiger partial charge on any atom is -0.350 e. The molecule has 0 aliphatic rings. The summed E-state index contributed by atoms with van der Waals surface area (Å²) in [7, 11) is 0. The molecule has 3 heterocycles. The Bertz CT molecular complexity index is 1280. The molecule has 0 spiro atoms. The minimum atomic E-state index is -0.149. The summed E-state index contributed by atoms with van der Waals surface area (Å²) in [4.78, 5) is 26.0. The summed E-state index contributed by atoms with van der Waals surface area (Å²) in [6.45, 7) is 4.46. The molecule has 29 heavy (non-hydrogen) atoms. The number of allylic oxidation sites excluding steroid dienone is 1. The highest BCUT2D eigenvalue weighted by atomic mass is 35.5. The van der Waals surface area contributed by atoms with Gasteiger partial charge in [-0.25, -0.2) is 0 Å². The van der Waals surface area contributed by atoms with Crippen LogP contribution in [0.15, 0.2) is 59.0 Å². The number of hydrogen-bond donors (Lipinski definition) is 1. The second-order valence-electron chi connectivity index (χ2n) is 6.11. The number of hydrogen-bond acceptors (Lipinski definition) is 6. The van der Waals surface area contributed by atoms with E-state index in [0.29, 0.717) is 39.3 Å². The number of para-hydroxylation sites is 1. The van der Waals surface area contributed by atoms with E-state index in [1.54, 1.807) is 22.6 Å². The molecule has 0 unspecified atom stereocenters. The van der Waals surface area contributed by atoms with Crippen LogP contribution < -0.4 is 10.9 Å². The van der Waals surface area contributed by atoms with Gasteiger partial charge >= 0.3 is 0 Å². The zero-order valence-corrected chi connectivity index (χ0v) is 17.6. The smallest absolute Gasteiger partial charge is 0.263 e. The van der Waals surface area contributed by atoms with Crippen LogP contribution in [0.4, 0.5) is 0 Å². The van der Waals surface area contributed by atoms with E-state index in [1.165, 1.54) is 27.7 Å². The molecular formula is C19H16ClN5O2S2. The standard InChI is InChI=1S/C19H16ClN5O2S2/c1-2-9-24-17(27)13-5-3-4-6-14(13)25-18(24)22-23-19(25)28-11-16(26)21-10-12-7-8-15(20)29-12/h2-8H,1,9-11H2,(H,21,26). The minimum absolute atomic E-state index is 0.125. The van der Waals surface area contributed by atoms with Crippen LogP contribution in [0.25, 0.3) is 16.7 Å². The molecule has 0 radical (unpaired) electrons. The number of aromatic nitrogens is 4. The van der Waals surface area contributed by atoms with E-state index in [1.807, 2.05) is 24.3 Å². The first kappa shape index (κ1) is 19.7. The van der Waals surface area contributed by atoms with Crippen LogP contribution in [0.5, 0.6) is 0 Å². The largest absolute Gasteiger partial charge is 0.350 e. The summed E-state index contributed by atoms with van der Waals surface area (Å²) < 4.78 is 4.01. The fourth-order valence-electron chi connectivity index (χ4n) is 2.93. The van der Waals surface area contributed by atoms with Crippen molar-refractivity contribution in [2.45, 2.75) is 18.2 Å². The molecule has 1 amide bonds. The van der Waals surface area contributed by atoms with Crippen LogP contribution in [0.1, 0.15) is 4.88 Å². The predicted octanol–water partition coefficient (Wildman–Crippen LogP) is 3.35. The highest BCUT2D eigenvalue weighted by molar-refractivity contribution is 7.99. The lowest BCUT2D eigenvalue weighted by atomic mass is 10.2. The summed E-state index contributed by atoms with van der Waals surface area (Å²) in [6, 6.07) is 11.0. The van der Waals surface area contributed by atoms with Gasteiger partial charge in [0.2, 0.25) is 11.7 Å². The predicted molar refractivity (Wildman–Crippen MR) is 117 cm³/mol. The average Bonchev–Trinajstić information content (AvgIpc) is 3.34. The van der Waals surface area contributed by atoms with E-state index in [0.717, 1.165) is 4.88 Å². The molecule has 1 N–H and O–H groups in total. The molecule has 7 nitrogen and oxygen atoms in total. The fourth-order valence-corrected chi connectivity index (χ4v) is 4.73. The Morgan fingerprint density at radius 3 is 2.86 bits per heavy atom. The van der Waals surface area contributed by atoms with Gasteiger partial charge in [0.15, 0.2) is 5.16 Å². The number of benzene rings is 1. The number of thioether (sulfide) groups is 1. The van der Waals surface area contributed by atoms with Crippen LogP contribution in [-0.4, -0.2) is 30.8 Å². The van der Waals surface area contributed by atoms with E-state index < -0.39 is 0 Å². The maximum absolute atomic E-state index is 12.8. The molecule has 10 heteroatoms. The number of halogens is 1.